The molecule has 8 rings (SSSR count). The highest BCUT2D eigenvalue weighted by Gasteiger charge is 2.19. The molecule has 2 aromatic heterocycles. The summed E-state index contributed by atoms with van der Waals surface area (Å²) in [4.78, 5) is 0. The molecular weight excluding hydrogens is 633 g/mol. The van der Waals surface area contributed by atoms with Gasteiger partial charge in [0.2, 0.25) is 0 Å². The Morgan fingerprint density at radius 1 is 0.442 bits per heavy atom. The molecule has 4 heteroatoms. The highest BCUT2D eigenvalue weighted by molar-refractivity contribution is 6.10. The SMILES string of the molecule is CC(C)(C)Cc1ccc2c(c1)c1ccccc1n2-c1cc(C#N)cc(-c2cc(C#N)cc(-n3c4ccccc4c4ccc(CC(C)(C)C)cc43)c2)c1. The number of benzene rings is 6. The number of para-hydroxylation sites is 2. The number of hydrogen-bond donors (Lipinski definition) is 0. The van der Waals surface area contributed by atoms with Crippen molar-refractivity contribution in [3.8, 4) is 34.6 Å². The first-order valence-corrected chi connectivity index (χ1v) is 18.0. The van der Waals surface area contributed by atoms with E-state index in [1.807, 2.05) is 24.3 Å². The number of rotatable bonds is 5. The Balaban J connectivity index is 1.34. The maximum absolute atomic E-state index is 10.3. The van der Waals surface area contributed by atoms with Gasteiger partial charge in [-0.3, -0.25) is 0 Å². The summed E-state index contributed by atoms with van der Waals surface area (Å²) in [6.45, 7) is 13.6. The molecule has 8 aromatic rings. The smallest absolute Gasteiger partial charge is 0.0992 e. The van der Waals surface area contributed by atoms with Crippen molar-refractivity contribution in [2.45, 2.75) is 54.4 Å². The normalized spacial score (nSPS) is 12.2. The van der Waals surface area contributed by atoms with Crippen LogP contribution in [-0.2, 0) is 12.8 Å². The van der Waals surface area contributed by atoms with Gasteiger partial charge in [0.15, 0.2) is 0 Å². The fraction of sp³-hybridized carbons (Fsp3) is 0.208. The predicted octanol–water partition coefficient (Wildman–Crippen LogP) is 12.5. The van der Waals surface area contributed by atoms with E-state index in [0.29, 0.717) is 11.1 Å². The first-order chi connectivity index (χ1) is 24.9. The minimum atomic E-state index is 0.146. The van der Waals surface area contributed by atoms with E-state index in [9.17, 15) is 10.5 Å². The fourth-order valence-electron chi connectivity index (χ4n) is 7.98. The largest absolute Gasteiger partial charge is 0.309 e. The Hall–Kier alpha value is -6.10. The van der Waals surface area contributed by atoms with Gasteiger partial charge in [-0.1, -0.05) is 96.1 Å². The predicted molar refractivity (Wildman–Crippen MR) is 216 cm³/mol. The Bertz CT molecular complexity index is 2780. The van der Waals surface area contributed by atoms with Crippen LogP contribution < -0.4 is 0 Å². The summed E-state index contributed by atoms with van der Waals surface area (Å²) in [7, 11) is 0. The minimum absolute atomic E-state index is 0.146. The lowest BCUT2D eigenvalue weighted by Crippen LogP contribution is -2.09. The minimum Gasteiger partial charge on any atom is -0.309 e. The second-order valence-electron chi connectivity index (χ2n) is 16.6. The van der Waals surface area contributed by atoms with E-state index in [1.165, 1.54) is 32.7 Å². The van der Waals surface area contributed by atoms with Crippen LogP contribution in [0.3, 0.4) is 0 Å². The summed E-state index contributed by atoms with van der Waals surface area (Å²) in [5.41, 5.74) is 12.0. The zero-order valence-corrected chi connectivity index (χ0v) is 30.8. The van der Waals surface area contributed by atoms with E-state index in [2.05, 4.69) is 160 Å². The third kappa shape index (κ3) is 6.01. The van der Waals surface area contributed by atoms with Crippen LogP contribution in [-0.4, -0.2) is 9.13 Å². The van der Waals surface area contributed by atoms with E-state index in [-0.39, 0.29) is 10.8 Å². The van der Waals surface area contributed by atoms with Crippen molar-refractivity contribution in [2.24, 2.45) is 10.8 Å². The van der Waals surface area contributed by atoms with E-state index < -0.39 is 0 Å². The molecule has 0 atom stereocenters. The summed E-state index contributed by atoms with van der Waals surface area (Å²) >= 11 is 0. The topological polar surface area (TPSA) is 57.4 Å². The van der Waals surface area contributed by atoms with Gasteiger partial charge >= 0.3 is 0 Å². The zero-order chi connectivity index (χ0) is 36.4. The van der Waals surface area contributed by atoms with Gasteiger partial charge in [-0.2, -0.15) is 10.5 Å². The van der Waals surface area contributed by atoms with Gasteiger partial charge in [-0.05, 0) is 113 Å². The van der Waals surface area contributed by atoms with Crippen molar-refractivity contribution in [1.82, 2.24) is 9.13 Å². The van der Waals surface area contributed by atoms with Gasteiger partial charge in [0, 0.05) is 32.9 Å². The average molecular weight is 675 g/mol. The van der Waals surface area contributed by atoms with Crippen molar-refractivity contribution < 1.29 is 0 Å². The second kappa shape index (κ2) is 12.3. The zero-order valence-electron chi connectivity index (χ0n) is 30.8. The van der Waals surface area contributed by atoms with E-state index in [1.54, 1.807) is 0 Å². The summed E-state index contributed by atoms with van der Waals surface area (Å²) < 4.78 is 4.56. The van der Waals surface area contributed by atoms with Crippen LogP contribution in [0.2, 0.25) is 0 Å². The van der Waals surface area contributed by atoms with Crippen LogP contribution >= 0.6 is 0 Å². The Morgan fingerprint density at radius 2 is 0.885 bits per heavy atom. The van der Waals surface area contributed by atoms with Crippen LogP contribution in [0.25, 0.3) is 66.1 Å². The van der Waals surface area contributed by atoms with Crippen LogP contribution in [0.5, 0.6) is 0 Å². The molecule has 0 aliphatic rings. The molecule has 6 aromatic carbocycles. The number of aromatic nitrogens is 2. The highest BCUT2D eigenvalue weighted by Crippen LogP contribution is 2.38. The molecule has 0 radical (unpaired) electrons. The summed E-state index contributed by atoms with van der Waals surface area (Å²) in [6.07, 6.45) is 1.94. The van der Waals surface area contributed by atoms with Gasteiger partial charge < -0.3 is 9.13 Å². The van der Waals surface area contributed by atoms with Crippen LogP contribution in [0.4, 0.5) is 0 Å². The van der Waals surface area contributed by atoms with Crippen molar-refractivity contribution in [2.75, 3.05) is 0 Å². The molecule has 0 aliphatic carbocycles. The lowest BCUT2D eigenvalue weighted by molar-refractivity contribution is 0.411. The number of nitriles is 2. The molecule has 0 saturated carbocycles. The molecule has 52 heavy (non-hydrogen) atoms. The molecule has 0 saturated heterocycles. The van der Waals surface area contributed by atoms with E-state index in [0.717, 1.165) is 57.4 Å². The lowest BCUT2D eigenvalue weighted by atomic mass is 9.88. The maximum atomic E-state index is 10.3. The first-order valence-electron chi connectivity index (χ1n) is 18.0. The molecule has 0 bridgehead atoms. The Labute approximate surface area is 305 Å². The van der Waals surface area contributed by atoms with Crippen molar-refractivity contribution in [3.05, 3.63) is 144 Å². The molecule has 0 unspecified atom stereocenters. The molecule has 0 spiro atoms. The van der Waals surface area contributed by atoms with Crippen molar-refractivity contribution in [1.29, 1.82) is 10.5 Å². The second-order valence-corrected chi connectivity index (χ2v) is 16.6. The van der Waals surface area contributed by atoms with Gasteiger partial charge in [-0.25, -0.2) is 0 Å². The summed E-state index contributed by atoms with van der Waals surface area (Å²) in [5, 5.41) is 25.4. The number of hydrogen-bond acceptors (Lipinski definition) is 2. The summed E-state index contributed by atoms with van der Waals surface area (Å²) in [5.74, 6) is 0. The van der Waals surface area contributed by atoms with Gasteiger partial charge in [0.05, 0.1) is 45.3 Å². The lowest BCUT2D eigenvalue weighted by Gasteiger charge is -2.18. The number of fused-ring (bicyclic) bond motifs is 6. The third-order valence-corrected chi connectivity index (χ3v) is 9.89. The average Bonchev–Trinajstić information content (AvgIpc) is 3.62. The van der Waals surface area contributed by atoms with Gasteiger partial charge in [0.1, 0.15) is 0 Å². The third-order valence-electron chi connectivity index (χ3n) is 9.89. The van der Waals surface area contributed by atoms with Gasteiger partial charge in [-0.15, -0.1) is 0 Å². The summed E-state index contributed by atoms with van der Waals surface area (Å²) in [6, 6.07) is 47.6. The van der Waals surface area contributed by atoms with Crippen LogP contribution in [0.15, 0.2) is 121 Å². The van der Waals surface area contributed by atoms with Gasteiger partial charge in [0.25, 0.3) is 0 Å². The van der Waals surface area contributed by atoms with Crippen molar-refractivity contribution in [3.63, 3.8) is 0 Å². The maximum Gasteiger partial charge on any atom is 0.0992 e. The quantitative estimate of drug-likeness (QED) is 0.182. The molecule has 2 heterocycles. The Morgan fingerprint density at radius 3 is 1.42 bits per heavy atom. The van der Waals surface area contributed by atoms with Crippen LogP contribution in [0.1, 0.15) is 63.8 Å². The molecule has 254 valence electrons. The molecule has 4 nitrogen and oxygen atoms in total. The number of nitrogens with zero attached hydrogens (tertiary/aromatic N) is 4. The first kappa shape index (κ1) is 33.1. The monoisotopic (exact) mass is 674 g/mol. The fourth-order valence-corrected chi connectivity index (χ4v) is 7.98. The van der Waals surface area contributed by atoms with Crippen molar-refractivity contribution >= 4 is 43.6 Å². The molecule has 0 fully saturated rings. The molecule has 0 aliphatic heterocycles. The Kier molecular flexibility index (Phi) is 7.82. The van der Waals surface area contributed by atoms with Crippen LogP contribution in [0, 0.1) is 33.5 Å². The highest BCUT2D eigenvalue weighted by atomic mass is 15.0. The van der Waals surface area contributed by atoms with E-state index >= 15 is 0 Å². The molecule has 0 amide bonds. The standard InChI is InChI=1S/C48H42N4/c1-47(2,3)27-31-16-18-45-42(23-31)40-12-8-10-14-44(40)51(45)37-21-33(29-49)19-35(25-37)36-20-34(30-50)22-38(26-36)52-43-13-9-7-11-39(43)41-17-15-32(24-46(41)52)28-48(4,5)6/h7-26H,27-28H2,1-6H3. The van der Waals surface area contributed by atoms with E-state index in [4.69, 9.17) is 0 Å². The molecule has 0 N–H and O–H groups in total. The molecular formula is C48H42N4.